The molecular formula is C11H19N3. The smallest absolute Gasteiger partial charge is 0.105 e. The van der Waals surface area contributed by atoms with E-state index in [0.717, 1.165) is 18.9 Å². The second-order valence-electron chi connectivity index (χ2n) is 4.66. The fourth-order valence-corrected chi connectivity index (χ4v) is 1.62. The van der Waals surface area contributed by atoms with E-state index in [-0.39, 0.29) is 0 Å². The van der Waals surface area contributed by atoms with Crippen LogP contribution in [0.1, 0.15) is 25.6 Å². The Labute approximate surface area is 85.5 Å². The molecule has 1 saturated carbocycles. The number of hydrogen-bond acceptors (Lipinski definition) is 2. The molecule has 0 aliphatic heterocycles. The first-order valence-electron chi connectivity index (χ1n) is 5.38. The monoisotopic (exact) mass is 193 g/mol. The maximum Gasteiger partial charge on any atom is 0.105 e. The number of aromatic nitrogens is 2. The van der Waals surface area contributed by atoms with Gasteiger partial charge in [-0.3, -0.25) is 0 Å². The number of nitrogens with one attached hydrogen (secondary N) is 1. The molecule has 0 amide bonds. The zero-order chi connectivity index (χ0) is 10.0. The van der Waals surface area contributed by atoms with Gasteiger partial charge in [-0.25, -0.2) is 4.98 Å². The molecule has 0 bridgehead atoms. The minimum Gasteiger partial charge on any atom is -0.334 e. The average molecular weight is 193 g/mol. The van der Waals surface area contributed by atoms with E-state index in [1.54, 1.807) is 0 Å². The molecular weight excluding hydrogens is 174 g/mol. The summed E-state index contributed by atoms with van der Waals surface area (Å²) < 4.78 is 2.18. The SMILES string of the molecule is Cc1nccn1CCNCC1(C)CC1. The summed E-state index contributed by atoms with van der Waals surface area (Å²) >= 11 is 0. The van der Waals surface area contributed by atoms with Gasteiger partial charge in [0.2, 0.25) is 0 Å². The maximum absolute atomic E-state index is 4.19. The lowest BCUT2D eigenvalue weighted by atomic mass is 10.1. The molecule has 0 unspecified atom stereocenters. The Morgan fingerprint density at radius 2 is 2.36 bits per heavy atom. The number of aryl methyl sites for hydroxylation is 1. The van der Waals surface area contributed by atoms with E-state index >= 15 is 0 Å². The molecule has 0 aromatic carbocycles. The highest BCUT2D eigenvalue weighted by atomic mass is 15.1. The molecule has 14 heavy (non-hydrogen) atoms. The fraction of sp³-hybridized carbons (Fsp3) is 0.727. The molecule has 0 saturated heterocycles. The third-order valence-electron chi connectivity index (χ3n) is 3.11. The number of imidazole rings is 1. The first-order valence-corrected chi connectivity index (χ1v) is 5.38. The van der Waals surface area contributed by atoms with E-state index in [2.05, 4.69) is 21.8 Å². The minimum atomic E-state index is 0.615. The third kappa shape index (κ3) is 2.35. The minimum absolute atomic E-state index is 0.615. The Bertz CT molecular complexity index is 299. The van der Waals surface area contributed by atoms with Gasteiger partial charge in [0.05, 0.1) is 0 Å². The van der Waals surface area contributed by atoms with Gasteiger partial charge in [0, 0.05) is 32.0 Å². The summed E-state index contributed by atoms with van der Waals surface area (Å²) in [5, 5.41) is 3.50. The second kappa shape index (κ2) is 3.73. The fourth-order valence-electron chi connectivity index (χ4n) is 1.62. The van der Waals surface area contributed by atoms with Crippen LogP contribution in [-0.4, -0.2) is 22.6 Å². The summed E-state index contributed by atoms with van der Waals surface area (Å²) in [6.45, 7) is 7.64. The molecule has 0 spiro atoms. The highest BCUT2D eigenvalue weighted by Gasteiger charge is 2.36. The van der Waals surface area contributed by atoms with Crippen molar-refractivity contribution in [2.45, 2.75) is 33.2 Å². The summed E-state index contributed by atoms with van der Waals surface area (Å²) in [6.07, 6.45) is 6.68. The summed E-state index contributed by atoms with van der Waals surface area (Å²) in [6, 6.07) is 0. The Kier molecular flexibility index (Phi) is 2.59. The molecule has 1 aliphatic rings. The van der Waals surface area contributed by atoms with Crippen LogP contribution in [0.25, 0.3) is 0 Å². The van der Waals surface area contributed by atoms with Crippen molar-refractivity contribution < 1.29 is 0 Å². The summed E-state index contributed by atoms with van der Waals surface area (Å²) in [7, 11) is 0. The van der Waals surface area contributed by atoms with Crippen LogP contribution < -0.4 is 5.32 Å². The van der Waals surface area contributed by atoms with Crippen molar-refractivity contribution >= 4 is 0 Å². The van der Waals surface area contributed by atoms with Crippen molar-refractivity contribution in [3.8, 4) is 0 Å². The van der Waals surface area contributed by atoms with Gasteiger partial charge in [-0.1, -0.05) is 6.92 Å². The van der Waals surface area contributed by atoms with Crippen LogP contribution in [0, 0.1) is 12.3 Å². The molecule has 1 aromatic heterocycles. The molecule has 1 N–H and O–H groups in total. The highest BCUT2D eigenvalue weighted by Crippen LogP contribution is 2.43. The quantitative estimate of drug-likeness (QED) is 0.720. The number of hydrogen-bond donors (Lipinski definition) is 1. The number of nitrogens with zero attached hydrogens (tertiary/aromatic N) is 2. The predicted molar refractivity (Wildman–Crippen MR) is 57.2 cm³/mol. The zero-order valence-corrected chi connectivity index (χ0v) is 9.08. The molecule has 1 heterocycles. The standard InChI is InChI=1S/C11H19N3/c1-10-13-6-8-14(10)7-5-12-9-11(2)3-4-11/h6,8,12H,3-5,7,9H2,1-2H3. The highest BCUT2D eigenvalue weighted by molar-refractivity contribution is 4.91. The molecule has 2 rings (SSSR count). The second-order valence-corrected chi connectivity index (χ2v) is 4.66. The van der Waals surface area contributed by atoms with E-state index in [0.29, 0.717) is 5.41 Å². The van der Waals surface area contributed by atoms with Crippen molar-refractivity contribution in [2.24, 2.45) is 5.41 Å². The summed E-state index contributed by atoms with van der Waals surface area (Å²) in [4.78, 5) is 4.19. The molecule has 78 valence electrons. The van der Waals surface area contributed by atoms with Crippen LogP contribution in [0.3, 0.4) is 0 Å². The molecule has 0 radical (unpaired) electrons. The van der Waals surface area contributed by atoms with Crippen LogP contribution in [-0.2, 0) is 6.54 Å². The molecule has 1 aromatic rings. The maximum atomic E-state index is 4.19. The first-order chi connectivity index (χ1) is 6.70. The van der Waals surface area contributed by atoms with Gasteiger partial charge in [-0.2, -0.15) is 0 Å². The largest absolute Gasteiger partial charge is 0.334 e. The Hall–Kier alpha value is -0.830. The van der Waals surface area contributed by atoms with E-state index in [1.807, 2.05) is 19.3 Å². The van der Waals surface area contributed by atoms with E-state index in [4.69, 9.17) is 0 Å². The molecule has 3 nitrogen and oxygen atoms in total. The van der Waals surface area contributed by atoms with Crippen LogP contribution in [0.5, 0.6) is 0 Å². The van der Waals surface area contributed by atoms with Crippen LogP contribution in [0.4, 0.5) is 0 Å². The lowest BCUT2D eigenvalue weighted by molar-refractivity contribution is 0.481. The van der Waals surface area contributed by atoms with Gasteiger partial charge in [-0.05, 0) is 25.2 Å². The molecule has 1 aliphatic carbocycles. The average Bonchev–Trinajstić information content (AvgIpc) is 2.74. The Balaban J connectivity index is 1.66. The van der Waals surface area contributed by atoms with Crippen molar-refractivity contribution in [2.75, 3.05) is 13.1 Å². The van der Waals surface area contributed by atoms with E-state index < -0.39 is 0 Å². The van der Waals surface area contributed by atoms with Crippen LogP contribution in [0.2, 0.25) is 0 Å². The summed E-state index contributed by atoms with van der Waals surface area (Å²) in [5.41, 5.74) is 0.615. The van der Waals surface area contributed by atoms with Crippen LogP contribution in [0.15, 0.2) is 12.4 Å². The predicted octanol–water partition coefficient (Wildman–Crippen LogP) is 1.58. The van der Waals surface area contributed by atoms with Crippen molar-refractivity contribution in [3.63, 3.8) is 0 Å². The lowest BCUT2D eigenvalue weighted by Crippen LogP contribution is -2.25. The Morgan fingerprint density at radius 1 is 1.57 bits per heavy atom. The van der Waals surface area contributed by atoms with Gasteiger partial charge in [0.15, 0.2) is 0 Å². The third-order valence-corrected chi connectivity index (χ3v) is 3.11. The normalized spacial score (nSPS) is 18.4. The van der Waals surface area contributed by atoms with Gasteiger partial charge in [0.25, 0.3) is 0 Å². The Morgan fingerprint density at radius 3 is 2.93 bits per heavy atom. The topological polar surface area (TPSA) is 29.9 Å². The van der Waals surface area contributed by atoms with Gasteiger partial charge >= 0.3 is 0 Å². The van der Waals surface area contributed by atoms with Crippen LogP contribution >= 0.6 is 0 Å². The van der Waals surface area contributed by atoms with Crippen molar-refractivity contribution in [1.29, 1.82) is 0 Å². The lowest BCUT2D eigenvalue weighted by Gasteiger charge is -2.10. The van der Waals surface area contributed by atoms with E-state index in [9.17, 15) is 0 Å². The van der Waals surface area contributed by atoms with Gasteiger partial charge in [0.1, 0.15) is 5.82 Å². The van der Waals surface area contributed by atoms with Gasteiger partial charge < -0.3 is 9.88 Å². The van der Waals surface area contributed by atoms with Gasteiger partial charge in [-0.15, -0.1) is 0 Å². The van der Waals surface area contributed by atoms with Crippen molar-refractivity contribution in [1.82, 2.24) is 14.9 Å². The van der Waals surface area contributed by atoms with Crippen molar-refractivity contribution in [3.05, 3.63) is 18.2 Å². The molecule has 0 atom stereocenters. The molecule has 3 heteroatoms. The summed E-state index contributed by atoms with van der Waals surface area (Å²) in [5.74, 6) is 1.10. The zero-order valence-electron chi connectivity index (χ0n) is 9.08. The first kappa shape index (κ1) is 9.71. The number of rotatable bonds is 5. The van der Waals surface area contributed by atoms with E-state index in [1.165, 1.54) is 19.4 Å². The molecule has 1 fully saturated rings.